The van der Waals surface area contributed by atoms with E-state index in [1.54, 1.807) is 24.4 Å². The number of aromatic nitrogens is 2. The molecule has 0 fully saturated rings. The Morgan fingerprint density at radius 1 is 1.14 bits per heavy atom. The summed E-state index contributed by atoms with van der Waals surface area (Å²) in [5.41, 5.74) is 0.491. The summed E-state index contributed by atoms with van der Waals surface area (Å²) >= 11 is -0.612. The number of hydrogen-bond acceptors (Lipinski definition) is 5. The predicted octanol–water partition coefficient (Wildman–Crippen LogP) is -0.362. The summed E-state index contributed by atoms with van der Waals surface area (Å²) in [6.07, 6.45) is 1.65. The van der Waals surface area contributed by atoms with E-state index >= 15 is 0 Å². The molecule has 6 nitrogen and oxygen atoms in total. The van der Waals surface area contributed by atoms with Crippen LogP contribution >= 0.6 is 0 Å². The fraction of sp³-hybridized carbons (Fsp3) is 0. The van der Waals surface area contributed by atoms with Gasteiger partial charge in [-0.25, -0.2) is 0 Å². The van der Waals surface area contributed by atoms with Gasteiger partial charge in [0.1, 0.15) is 0 Å². The molecular weight excluding hydrogens is 365 g/mol. The van der Waals surface area contributed by atoms with Gasteiger partial charge in [0.25, 0.3) is 0 Å². The van der Waals surface area contributed by atoms with Crippen molar-refractivity contribution < 1.29 is 13.5 Å². The Hall–Kier alpha value is -1.95. The fourth-order valence-corrected chi connectivity index (χ4v) is 4.49. The molecule has 0 amide bonds. The van der Waals surface area contributed by atoms with Gasteiger partial charge in [0, 0.05) is 0 Å². The van der Waals surface area contributed by atoms with Crippen molar-refractivity contribution >= 4 is 45.6 Å². The molecule has 1 radical (unpaired) electrons. The molecular formula is C14H11AsN3O3S. The number of fused-ring (bicyclic) bond motifs is 1. The second kappa shape index (κ2) is 5.68. The van der Waals surface area contributed by atoms with Crippen molar-refractivity contribution in [1.29, 1.82) is 0 Å². The molecule has 0 aliphatic rings. The Balaban J connectivity index is 1.98. The first-order valence-electron chi connectivity index (χ1n) is 6.23. The molecule has 8 heteroatoms. The number of hydrogen-bond donors (Lipinski definition) is 2. The van der Waals surface area contributed by atoms with Crippen LogP contribution in [-0.4, -0.2) is 39.2 Å². The minimum atomic E-state index is -3.72. The summed E-state index contributed by atoms with van der Waals surface area (Å²) < 4.78 is 24.2. The third-order valence-corrected chi connectivity index (χ3v) is 5.86. The first-order chi connectivity index (χ1) is 10.4. The normalized spacial score (nSPS) is 12.2. The van der Waals surface area contributed by atoms with E-state index in [1.807, 2.05) is 12.1 Å². The van der Waals surface area contributed by atoms with Crippen LogP contribution in [0.25, 0.3) is 10.9 Å². The van der Waals surface area contributed by atoms with Gasteiger partial charge in [-0.2, -0.15) is 0 Å². The molecule has 3 N–H and O–H groups in total. The molecule has 0 spiro atoms. The zero-order valence-corrected chi connectivity index (χ0v) is 13.9. The number of nitrogens with two attached hydrogens (primary N) is 1. The van der Waals surface area contributed by atoms with Gasteiger partial charge in [-0.05, 0) is 0 Å². The molecule has 0 saturated heterocycles. The quantitative estimate of drug-likeness (QED) is 0.607. The van der Waals surface area contributed by atoms with E-state index in [1.165, 1.54) is 12.1 Å². The summed E-state index contributed by atoms with van der Waals surface area (Å²) in [6, 6.07) is 11.6. The van der Waals surface area contributed by atoms with Crippen LogP contribution in [0.2, 0.25) is 0 Å². The molecule has 0 unspecified atom stereocenters. The third kappa shape index (κ3) is 3.11. The van der Waals surface area contributed by atoms with E-state index in [-0.39, 0.29) is 10.6 Å². The van der Waals surface area contributed by atoms with Crippen molar-refractivity contribution in [2.75, 3.05) is 0 Å². The van der Waals surface area contributed by atoms with E-state index < -0.39 is 25.8 Å². The van der Waals surface area contributed by atoms with Gasteiger partial charge in [0.05, 0.1) is 0 Å². The molecule has 2 aromatic carbocycles. The van der Waals surface area contributed by atoms with Crippen LogP contribution in [0.4, 0.5) is 0 Å². The van der Waals surface area contributed by atoms with E-state index in [9.17, 15) is 13.5 Å². The standard InChI is InChI=1S/C14H11AsN3O3S/c16-22(20,21)11-5-2-4-10(7-11)15-14-17-8-9-3-1-6-12(19)13(9)18-14/h1-8,19H,(H2,16,20,21). The maximum absolute atomic E-state index is 11.4. The van der Waals surface area contributed by atoms with Gasteiger partial charge in [-0.15, -0.1) is 0 Å². The number of rotatable bonds is 3. The van der Waals surface area contributed by atoms with Gasteiger partial charge in [-0.3, -0.25) is 0 Å². The number of primary sulfonamides is 1. The fourth-order valence-electron chi connectivity index (χ4n) is 1.93. The Kier molecular flexibility index (Phi) is 3.86. The molecule has 0 atom stereocenters. The molecule has 0 bridgehead atoms. The number of para-hydroxylation sites is 1. The number of sulfonamides is 1. The topological polar surface area (TPSA) is 106 Å². The van der Waals surface area contributed by atoms with Crippen LogP contribution < -0.4 is 14.1 Å². The van der Waals surface area contributed by atoms with E-state index in [2.05, 4.69) is 9.97 Å². The van der Waals surface area contributed by atoms with Crippen molar-refractivity contribution in [3.63, 3.8) is 0 Å². The number of benzene rings is 2. The van der Waals surface area contributed by atoms with Gasteiger partial charge < -0.3 is 0 Å². The van der Waals surface area contributed by atoms with Gasteiger partial charge in [0.15, 0.2) is 0 Å². The van der Waals surface area contributed by atoms with Crippen LogP contribution in [0.5, 0.6) is 5.75 Å². The Labute approximate surface area is 133 Å². The summed E-state index contributed by atoms with van der Waals surface area (Å²) in [4.78, 5) is 8.71. The van der Waals surface area contributed by atoms with E-state index in [4.69, 9.17) is 5.14 Å². The van der Waals surface area contributed by atoms with Crippen molar-refractivity contribution in [3.8, 4) is 5.75 Å². The minimum absolute atomic E-state index is 0.0731. The summed E-state index contributed by atoms with van der Waals surface area (Å²) in [5.74, 6) is 0.0978. The SMILES string of the molecule is NS(=O)(=O)c1cccc([As]c2ncc3cccc(O)c3n2)c1. The first-order valence-corrected chi connectivity index (χ1v) is 9.65. The van der Waals surface area contributed by atoms with Gasteiger partial charge in [-0.1, -0.05) is 0 Å². The Bertz CT molecular complexity index is 960. The van der Waals surface area contributed by atoms with Crippen LogP contribution in [0.15, 0.2) is 53.6 Å². The number of phenolic OH excluding ortho intramolecular Hbond substituents is 1. The van der Waals surface area contributed by atoms with Crippen molar-refractivity contribution in [3.05, 3.63) is 48.7 Å². The average Bonchev–Trinajstić information content (AvgIpc) is 2.48. The van der Waals surface area contributed by atoms with Crippen LogP contribution in [0.1, 0.15) is 0 Å². The van der Waals surface area contributed by atoms with Crippen LogP contribution in [0, 0.1) is 0 Å². The number of nitrogens with zero attached hydrogens (tertiary/aromatic N) is 2. The second-order valence-corrected chi connectivity index (χ2v) is 8.49. The zero-order valence-electron chi connectivity index (χ0n) is 11.2. The third-order valence-electron chi connectivity index (χ3n) is 2.95. The van der Waals surface area contributed by atoms with Crippen LogP contribution in [0.3, 0.4) is 0 Å². The molecule has 111 valence electrons. The number of aromatic hydroxyl groups is 1. The Morgan fingerprint density at radius 2 is 1.91 bits per heavy atom. The van der Waals surface area contributed by atoms with E-state index in [0.717, 1.165) is 9.74 Å². The Morgan fingerprint density at radius 3 is 2.68 bits per heavy atom. The maximum atomic E-state index is 11.4. The van der Waals surface area contributed by atoms with Gasteiger partial charge in [0.2, 0.25) is 0 Å². The summed E-state index contributed by atoms with van der Waals surface area (Å²) in [7, 11) is -3.72. The molecule has 0 aliphatic carbocycles. The number of phenols is 1. The van der Waals surface area contributed by atoms with Crippen molar-refractivity contribution in [2.45, 2.75) is 4.90 Å². The van der Waals surface area contributed by atoms with Gasteiger partial charge >= 0.3 is 134 Å². The molecule has 1 heterocycles. The predicted molar refractivity (Wildman–Crippen MR) is 84.0 cm³/mol. The first kappa shape index (κ1) is 15.0. The monoisotopic (exact) mass is 376 g/mol. The van der Waals surface area contributed by atoms with E-state index in [0.29, 0.717) is 10.1 Å². The summed E-state index contributed by atoms with van der Waals surface area (Å²) in [6.45, 7) is 0. The van der Waals surface area contributed by atoms with Crippen molar-refractivity contribution in [1.82, 2.24) is 9.97 Å². The molecule has 1 aromatic heterocycles. The summed E-state index contributed by atoms with van der Waals surface area (Å²) in [5, 5.41) is 15.7. The van der Waals surface area contributed by atoms with Crippen molar-refractivity contribution in [2.24, 2.45) is 5.14 Å². The van der Waals surface area contributed by atoms with Crippen LogP contribution in [-0.2, 0) is 10.0 Å². The molecule has 0 saturated carbocycles. The molecule has 0 aliphatic heterocycles. The average molecular weight is 376 g/mol. The second-order valence-electron chi connectivity index (χ2n) is 4.54. The zero-order chi connectivity index (χ0) is 15.7. The molecule has 22 heavy (non-hydrogen) atoms. The molecule has 3 aromatic rings. The molecule has 3 rings (SSSR count).